The highest BCUT2D eigenvalue weighted by molar-refractivity contribution is 6.05. The van der Waals surface area contributed by atoms with Crippen molar-refractivity contribution in [3.63, 3.8) is 0 Å². The number of carbonyl (C=O) groups is 1. The summed E-state index contributed by atoms with van der Waals surface area (Å²) in [6.45, 7) is 5.75. The first kappa shape index (κ1) is 18.9. The van der Waals surface area contributed by atoms with Crippen LogP contribution in [0, 0.1) is 0 Å². The van der Waals surface area contributed by atoms with Gasteiger partial charge in [-0.05, 0) is 50.5 Å². The summed E-state index contributed by atoms with van der Waals surface area (Å²) in [5, 5.41) is 5.32. The molecule has 1 saturated carbocycles. The Hall–Kier alpha value is -3.09. The van der Waals surface area contributed by atoms with Crippen LogP contribution in [0.5, 0.6) is 11.5 Å². The Morgan fingerprint density at radius 2 is 1.97 bits per heavy atom. The van der Waals surface area contributed by atoms with Crippen molar-refractivity contribution < 1.29 is 14.3 Å². The molecule has 1 fully saturated rings. The fourth-order valence-electron chi connectivity index (χ4n) is 3.92. The second-order valence-electron chi connectivity index (χ2n) is 8.43. The van der Waals surface area contributed by atoms with Crippen LogP contribution in [0.1, 0.15) is 60.3 Å². The van der Waals surface area contributed by atoms with Crippen LogP contribution < -0.4 is 9.47 Å². The Bertz CT molecular complexity index is 1120. The van der Waals surface area contributed by atoms with Gasteiger partial charge in [-0.25, -0.2) is 9.67 Å². The second-order valence-corrected chi connectivity index (χ2v) is 8.43. The van der Waals surface area contributed by atoms with Crippen molar-refractivity contribution in [1.29, 1.82) is 0 Å². The molecule has 0 unspecified atom stereocenters. The molecule has 2 aliphatic rings. The predicted octanol–water partition coefficient (Wildman–Crippen LogP) is 3.93. The smallest absolute Gasteiger partial charge is 0.254 e. The number of ether oxygens (including phenoxy) is 2. The van der Waals surface area contributed by atoms with Crippen LogP contribution in [0.4, 0.5) is 0 Å². The zero-order valence-electron chi connectivity index (χ0n) is 17.6. The summed E-state index contributed by atoms with van der Waals surface area (Å²) in [5.74, 6) is 1.92. The number of benzene rings is 1. The van der Waals surface area contributed by atoms with Gasteiger partial charge in [0.25, 0.3) is 5.91 Å². The summed E-state index contributed by atoms with van der Waals surface area (Å²) in [7, 11) is 1.83. The zero-order valence-corrected chi connectivity index (χ0v) is 17.6. The third kappa shape index (κ3) is 3.38. The molecule has 0 spiro atoms. The van der Waals surface area contributed by atoms with E-state index in [4.69, 9.17) is 14.5 Å². The van der Waals surface area contributed by atoms with Gasteiger partial charge in [0.15, 0.2) is 17.1 Å². The lowest BCUT2D eigenvalue weighted by Gasteiger charge is -2.21. The van der Waals surface area contributed by atoms with Crippen LogP contribution >= 0.6 is 0 Å². The van der Waals surface area contributed by atoms with E-state index in [9.17, 15) is 4.79 Å². The maximum atomic E-state index is 13.4. The monoisotopic (exact) mass is 406 g/mol. The van der Waals surface area contributed by atoms with Crippen molar-refractivity contribution >= 4 is 16.9 Å². The molecule has 3 heterocycles. The molecule has 156 valence electrons. The number of nitrogens with zero attached hydrogens (tertiary/aromatic N) is 4. The fourth-order valence-corrected chi connectivity index (χ4v) is 3.92. The number of hydrogen-bond acceptors (Lipinski definition) is 5. The maximum Gasteiger partial charge on any atom is 0.254 e. The van der Waals surface area contributed by atoms with Gasteiger partial charge >= 0.3 is 0 Å². The van der Waals surface area contributed by atoms with Crippen LogP contribution in [-0.4, -0.2) is 45.8 Å². The molecule has 30 heavy (non-hydrogen) atoms. The zero-order chi connectivity index (χ0) is 20.8. The number of hydrogen-bond donors (Lipinski definition) is 0. The third-order valence-corrected chi connectivity index (χ3v) is 5.67. The lowest BCUT2D eigenvalue weighted by Crippen LogP contribution is -2.27. The van der Waals surface area contributed by atoms with Crippen molar-refractivity contribution in [3.8, 4) is 11.5 Å². The topological polar surface area (TPSA) is 69.5 Å². The van der Waals surface area contributed by atoms with E-state index in [2.05, 4.69) is 18.9 Å². The standard InChI is InChI=1S/C23H26N4O3/c1-14(2)27-22-18(12-24-27)17(11-19(25-22)16-5-6-16)23(28)26(3)13-15-4-7-20-21(10-15)30-9-8-29-20/h4,7,10-12,14,16H,5-6,8-9,13H2,1-3H3. The molecule has 0 atom stereocenters. The number of fused-ring (bicyclic) bond motifs is 2. The van der Waals surface area contributed by atoms with Gasteiger partial charge in [0.2, 0.25) is 0 Å². The van der Waals surface area contributed by atoms with Gasteiger partial charge in [-0.15, -0.1) is 0 Å². The second kappa shape index (κ2) is 7.31. The van der Waals surface area contributed by atoms with Crippen molar-refractivity contribution in [2.24, 2.45) is 0 Å². The summed E-state index contributed by atoms with van der Waals surface area (Å²) < 4.78 is 13.2. The van der Waals surface area contributed by atoms with Gasteiger partial charge in [0, 0.05) is 31.2 Å². The quantitative estimate of drug-likeness (QED) is 0.642. The van der Waals surface area contributed by atoms with Gasteiger partial charge in [-0.1, -0.05) is 6.07 Å². The number of rotatable bonds is 5. The SMILES string of the molecule is CC(C)n1ncc2c(C(=O)N(C)Cc3ccc4c(c3)OCCO4)cc(C3CC3)nc21. The largest absolute Gasteiger partial charge is 0.486 e. The minimum Gasteiger partial charge on any atom is -0.486 e. The van der Waals surface area contributed by atoms with E-state index in [1.54, 1.807) is 11.1 Å². The molecular weight excluding hydrogens is 380 g/mol. The number of amides is 1. The van der Waals surface area contributed by atoms with E-state index in [0.29, 0.717) is 31.2 Å². The van der Waals surface area contributed by atoms with Crippen molar-refractivity contribution in [2.75, 3.05) is 20.3 Å². The molecule has 7 heteroatoms. The molecule has 0 N–H and O–H groups in total. The molecule has 0 radical (unpaired) electrons. The van der Waals surface area contributed by atoms with Gasteiger partial charge < -0.3 is 14.4 Å². The Morgan fingerprint density at radius 1 is 1.20 bits per heavy atom. The lowest BCUT2D eigenvalue weighted by atomic mass is 10.1. The van der Waals surface area contributed by atoms with Gasteiger partial charge in [0.1, 0.15) is 13.2 Å². The molecule has 2 aromatic heterocycles. The van der Waals surface area contributed by atoms with Crippen molar-refractivity contribution in [3.05, 3.63) is 47.3 Å². The highest BCUT2D eigenvalue weighted by Crippen LogP contribution is 2.40. The fraction of sp³-hybridized carbons (Fsp3) is 0.435. The molecule has 5 rings (SSSR count). The summed E-state index contributed by atoms with van der Waals surface area (Å²) in [6.07, 6.45) is 4.04. The van der Waals surface area contributed by atoms with Crippen LogP contribution in [0.15, 0.2) is 30.5 Å². The molecule has 0 bridgehead atoms. The van der Waals surface area contributed by atoms with E-state index in [1.807, 2.05) is 36.0 Å². The Morgan fingerprint density at radius 3 is 2.70 bits per heavy atom. The van der Waals surface area contributed by atoms with E-state index in [-0.39, 0.29) is 11.9 Å². The average molecular weight is 406 g/mol. The summed E-state index contributed by atoms with van der Waals surface area (Å²) in [6, 6.07) is 7.99. The van der Waals surface area contributed by atoms with Crippen LogP contribution in [0.3, 0.4) is 0 Å². The third-order valence-electron chi connectivity index (χ3n) is 5.67. The number of aromatic nitrogens is 3. The number of carbonyl (C=O) groups excluding carboxylic acids is 1. The lowest BCUT2D eigenvalue weighted by molar-refractivity contribution is 0.0786. The minimum atomic E-state index is -0.0255. The first-order chi connectivity index (χ1) is 14.5. The summed E-state index contributed by atoms with van der Waals surface area (Å²) in [5.41, 5.74) is 3.47. The Labute approximate surface area is 175 Å². The number of pyridine rings is 1. The van der Waals surface area contributed by atoms with Gasteiger partial charge in [0.05, 0.1) is 17.1 Å². The highest BCUT2D eigenvalue weighted by atomic mass is 16.6. The molecule has 1 aliphatic carbocycles. The van der Waals surface area contributed by atoms with E-state index in [0.717, 1.165) is 46.6 Å². The molecule has 1 aromatic carbocycles. The highest BCUT2D eigenvalue weighted by Gasteiger charge is 2.29. The van der Waals surface area contributed by atoms with Crippen molar-refractivity contribution in [1.82, 2.24) is 19.7 Å². The van der Waals surface area contributed by atoms with E-state index in [1.165, 1.54) is 0 Å². The Kier molecular flexibility index (Phi) is 4.60. The minimum absolute atomic E-state index is 0.0255. The molecule has 7 nitrogen and oxygen atoms in total. The predicted molar refractivity (Wildman–Crippen MR) is 113 cm³/mol. The molecule has 1 amide bonds. The van der Waals surface area contributed by atoms with Crippen LogP contribution in [0.2, 0.25) is 0 Å². The summed E-state index contributed by atoms with van der Waals surface area (Å²) >= 11 is 0. The van der Waals surface area contributed by atoms with Crippen molar-refractivity contribution in [2.45, 2.75) is 45.2 Å². The van der Waals surface area contributed by atoms with Crippen LogP contribution in [0.25, 0.3) is 11.0 Å². The van der Waals surface area contributed by atoms with E-state index >= 15 is 0 Å². The first-order valence-corrected chi connectivity index (χ1v) is 10.5. The molecule has 1 aliphatic heterocycles. The molecule has 3 aromatic rings. The van der Waals surface area contributed by atoms with Gasteiger partial charge in [-0.2, -0.15) is 5.10 Å². The van der Waals surface area contributed by atoms with Crippen LogP contribution in [-0.2, 0) is 6.54 Å². The molecule has 0 saturated heterocycles. The maximum absolute atomic E-state index is 13.4. The van der Waals surface area contributed by atoms with Gasteiger partial charge in [-0.3, -0.25) is 4.79 Å². The normalized spacial score (nSPS) is 15.6. The molecular formula is C23H26N4O3. The summed E-state index contributed by atoms with van der Waals surface area (Å²) in [4.78, 5) is 20.0. The first-order valence-electron chi connectivity index (χ1n) is 10.5. The van der Waals surface area contributed by atoms with E-state index < -0.39 is 0 Å². The average Bonchev–Trinajstić information content (AvgIpc) is 3.51. The Balaban J connectivity index is 1.46.